The molecule has 2 aliphatic heterocycles. The van der Waals surface area contributed by atoms with Gasteiger partial charge in [-0.3, -0.25) is 15.0 Å². The number of thiazole rings is 1. The molecular weight excluding hydrogens is 452 g/mol. The highest BCUT2D eigenvalue weighted by Gasteiger charge is 2.22. The first-order chi connectivity index (χ1) is 16.6. The summed E-state index contributed by atoms with van der Waals surface area (Å²) in [5, 5.41) is 3.54. The average molecular weight is 483 g/mol. The Morgan fingerprint density at radius 1 is 1.15 bits per heavy atom. The summed E-state index contributed by atoms with van der Waals surface area (Å²) in [6.45, 7) is 5.92. The Balaban J connectivity index is 1.30. The number of nitrogens with one attached hydrogen (secondary N) is 1. The van der Waals surface area contributed by atoms with Crippen LogP contribution in [0.15, 0.2) is 36.4 Å². The molecule has 2 aromatic carbocycles. The van der Waals surface area contributed by atoms with E-state index in [2.05, 4.69) is 21.2 Å². The fourth-order valence-electron chi connectivity index (χ4n) is 4.56. The minimum absolute atomic E-state index is 0.168. The van der Waals surface area contributed by atoms with Crippen molar-refractivity contribution < 1.29 is 19.0 Å². The molecule has 0 spiro atoms. The van der Waals surface area contributed by atoms with Crippen LogP contribution in [0.1, 0.15) is 22.3 Å². The molecule has 2 fully saturated rings. The number of hydrogen-bond donors (Lipinski definition) is 1. The van der Waals surface area contributed by atoms with E-state index in [0.717, 1.165) is 55.0 Å². The first kappa shape index (κ1) is 23.0. The molecule has 9 heteroatoms. The van der Waals surface area contributed by atoms with Crippen molar-refractivity contribution in [3.63, 3.8) is 0 Å². The first-order valence-corrected chi connectivity index (χ1v) is 12.4. The van der Waals surface area contributed by atoms with E-state index in [1.165, 1.54) is 16.9 Å². The molecule has 1 amide bonds. The molecule has 2 aliphatic rings. The van der Waals surface area contributed by atoms with E-state index in [4.69, 9.17) is 19.2 Å². The highest BCUT2D eigenvalue weighted by atomic mass is 32.1. The SMILES string of the molecule is COc1ccc(N2CCOCC2)c2sc(NC(=O)c3ccc(CN4CCC(OC)C4)cc3)nc12. The zero-order valence-electron chi connectivity index (χ0n) is 19.6. The summed E-state index contributed by atoms with van der Waals surface area (Å²) in [5.74, 6) is 0.531. The number of likely N-dealkylation sites (tertiary alicyclic amines) is 1. The molecule has 1 aromatic heterocycles. The number of nitrogens with zero attached hydrogens (tertiary/aromatic N) is 3. The van der Waals surface area contributed by atoms with Gasteiger partial charge in [-0.05, 0) is 36.2 Å². The van der Waals surface area contributed by atoms with Crippen molar-refractivity contribution in [3.05, 3.63) is 47.5 Å². The third-order valence-corrected chi connectivity index (χ3v) is 7.46. The minimum Gasteiger partial charge on any atom is -0.494 e. The molecular formula is C25H30N4O4S. The second kappa shape index (κ2) is 10.3. The number of hydrogen-bond acceptors (Lipinski definition) is 8. The molecule has 180 valence electrons. The monoisotopic (exact) mass is 482 g/mol. The van der Waals surface area contributed by atoms with Gasteiger partial charge in [0, 0.05) is 45.4 Å². The van der Waals surface area contributed by atoms with Gasteiger partial charge >= 0.3 is 0 Å². The van der Waals surface area contributed by atoms with E-state index in [9.17, 15) is 4.79 Å². The number of fused-ring (bicyclic) bond motifs is 1. The summed E-state index contributed by atoms with van der Waals surface area (Å²) >= 11 is 1.47. The van der Waals surface area contributed by atoms with Crippen LogP contribution >= 0.6 is 11.3 Å². The highest BCUT2D eigenvalue weighted by molar-refractivity contribution is 7.23. The van der Waals surface area contributed by atoms with Crippen LogP contribution in [0.4, 0.5) is 10.8 Å². The van der Waals surface area contributed by atoms with Gasteiger partial charge in [0.2, 0.25) is 0 Å². The van der Waals surface area contributed by atoms with E-state index < -0.39 is 0 Å². The van der Waals surface area contributed by atoms with E-state index in [-0.39, 0.29) is 5.91 Å². The number of aromatic nitrogens is 1. The molecule has 0 saturated carbocycles. The predicted molar refractivity (Wildman–Crippen MR) is 134 cm³/mol. The number of morpholine rings is 1. The van der Waals surface area contributed by atoms with Crippen molar-refractivity contribution >= 4 is 38.3 Å². The van der Waals surface area contributed by atoms with Crippen LogP contribution in [0.2, 0.25) is 0 Å². The molecule has 1 atom stereocenters. The maximum Gasteiger partial charge on any atom is 0.257 e. The summed E-state index contributed by atoms with van der Waals surface area (Å²) in [6, 6.07) is 11.8. The lowest BCUT2D eigenvalue weighted by Crippen LogP contribution is -2.36. The van der Waals surface area contributed by atoms with Gasteiger partial charge in [-0.15, -0.1) is 0 Å². The van der Waals surface area contributed by atoms with Crippen molar-refractivity contribution in [2.24, 2.45) is 0 Å². The molecule has 0 bridgehead atoms. The molecule has 0 aliphatic carbocycles. The van der Waals surface area contributed by atoms with Gasteiger partial charge in [0.25, 0.3) is 5.91 Å². The number of carbonyl (C=O) groups excluding carboxylic acids is 1. The van der Waals surface area contributed by atoms with Gasteiger partial charge in [0.1, 0.15) is 11.3 Å². The molecule has 3 heterocycles. The number of methoxy groups -OCH3 is 2. The number of amides is 1. The van der Waals surface area contributed by atoms with Crippen LogP contribution in [0.25, 0.3) is 10.2 Å². The van der Waals surface area contributed by atoms with E-state index in [0.29, 0.717) is 35.8 Å². The molecule has 1 N–H and O–H groups in total. The second-order valence-corrected chi connectivity index (χ2v) is 9.61. The van der Waals surface area contributed by atoms with Crippen LogP contribution in [-0.4, -0.2) is 75.5 Å². The smallest absolute Gasteiger partial charge is 0.257 e. The van der Waals surface area contributed by atoms with Crippen molar-refractivity contribution in [2.75, 3.05) is 63.8 Å². The van der Waals surface area contributed by atoms with Gasteiger partial charge < -0.3 is 19.1 Å². The summed E-state index contributed by atoms with van der Waals surface area (Å²) in [4.78, 5) is 22.3. The number of carbonyl (C=O) groups is 1. The molecule has 0 radical (unpaired) electrons. The quantitative estimate of drug-likeness (QED) is 0.551. The van der Waals surface area contributed by atoms with Crippen LogP contribution in [-0.2, 0) is 16.0 Å². The molecule has 34 heavy (non-hydrogen) atoms. The Hall–Kier alpha value is -2.72. The van der Waals surface area contributed by atoms with Crippen LogP contribution in [0, 0.1) is 0 Å². The minimum atomic E-state index is -0.168. The summed E-state index contributed by atoms with van der Waals surface area (Å²) in [6.07, 6.45) is 1.39. The van der Waals surface area contributed by atoms with Gasteiger partial charge in [-0.2, -0.15) is 0 Å². The maximum absolute atomic E-state index is 12.9. The Morgan fingerprint density at radius 3 is 2.65 bits per heavy atom. The van der Waals surface area contributed by atoms with Gasteiger partial charge in [-0.25, -0.2) is 4.98 Å². The zero-order valence-corrected chi connectivity index (χ0v) is 20.4. The number of rotatable bonds is 7. The molecule has 2 saturated heterocycles. The van der Waals surface area contributed by atoms with Gasteiger partial charge in [0.05, 0.1) is 36.8 Å². The topological polar surface area (TPSA) is 76.2 Å². The average Bonchev–Trinajstić information content (AvgIpc) is 3.51. The summed E-state index contributed by atoms with van der Waals surface area (Å²) in [7, 11) is 3.41. The van der Waals surface area contributed by atoms with Crippen LogP contribution in [0.3, 0.4) is 0 Å². The second-order valence-electron chi connectivity index (χ2n) is 8.62. The number of ether oxygens (including phenoxy) is 3. The van der Waals surface area contributed by atoms with Crippen molar-refractivity contribution in [1.29, 1.82) is 0 Å². The van der Waals surface area contributed by atoms with Crippen molar-refractivity contribution in [3.8, 4) is 5.75 Å². The molecule has 5 rings (SSSR count). The molecule has 8 nitrogen and oxygen atoms in total. The third-order valence-electron chi connectivity index (χ3n) is 6.46. The Morgan fingerprint density at radius 2 is 1.94 bits per heavy atom. The first-order valence-electron chi connectivity index (χ1n) is 11.6. The van der Waals surface area contributed by atoms with Gasteiger partial charge in [-0.1, -0.05) is 23.5 Å². The maximum atomic E-state index is 12.9. The lowest BCUT2D eigenvalue weighted by atomic mass is 10.1. The standard InChI is InChI=1S/C25H30N4O4S/c1-31-19-9-10-28(16-19)15-17-3-5-18(6-4-17)24(30)27-25-26-22-21(32-2)8-7-20(23(22)34-25)29-11-13-33-14-12-29/h3-8,19H,9-16H2,1-2H3,(H,26,27,30). The van der Waals surface area contributed by atoms with E-state index in [1.54, 1.807) is 14.2 Å². The number of benzene rings is 2. The Bertz CT molecular complexity index is 1140. The third kappa shape index (κ3) is 4.88. The fraction of sp³-hybridized carbons (Fsp3) is 0.440. The normalized spacial score (nSPS) is 19.0. The Labute approximate surface area is 203 Å². The fourth-order valence-corrected chi connectivity index (χ4v) is 5.58. The van der Waals surface area contributed by atoms with Crippen molar-refractivity contribution in [1.82, 2.24) is 9.88 Å². The van der Waals surface area contributed by atoms with Crippen LogP contribution in [0.5, 0.6) is 5.75 Å². The van der Waals surface area contributed by atoms with Gasteiger partial charge in [0.15, 0.2) is 5.13 Å². The van der Waals surface area contributed by atoms with Crippen molar-refractivity contribution in [2.45, 2.75) is 19.1 Å². The predicted octanol–water partition coefficient (Wildman–Crippen LogP) is 3.61. The summed E-state index contributed by atoms with van der Waals surface area (Å²) in [5.41, 5.74) is 3.66. The van der Waals surface area contributed by atoms with E-state index in [1.807, 2.05) is 30.3 Å². The zero-order chi connectivity index (χ0) is 23.5. The lowest BCUT2D eigenvalue weighted by Gasteiger charge is -2.29. The summed E-state index contributed by atoms with van der Waals surface area (Å²) < 4.78 is 17.5. The van der Waals surface area contributed by atoms with Crippen LogP contribution < -0.4 is 15.0 Å². The molecule has 1 unspecified atom stereocenters. The largest absolute Gasteiger partial charge is 0.494 e. The van der Waals surface area contributed by atoms with E-state index >= 15 is 0 Å². The highest BCUT2D eigenvalue weighted by Crippen LogP contribution is 2.39. The Kier molecular flexibility index (Phi) is 6.96. The lowest BCUT2D eigenvalue weighted by molar-refractivity contribution is 0.102. The molecule has 3 aromatic rings. The number of anilines is 2.